The third kappa shape index (κ3) is 2.22. The van der Waals surface area contributed by atoms with Gasteiger partial charge in [0.15, 0.2) is 0 Å². The lowest BCUT2D eigenvalue weighted by atomic mass is 10.2. The smallest absolute Gasteiger partial charge is 0.221 e. The molecule has 68 valence electrons. The van der Waals surface area contributed by atoms with Gasteiger partial charge >= 0.3 is 16.9 Å². The molecule has 0 atom stereocenters. The second kappa shape index (κ2) is 3.95. The second-order valence-corrected chi connectivity index (χ2v) is 3.31. The van der Waals surface area contributed by atoms with Crippen molar-refractivity contribution in [3.05, 3.63) is 29.8 Å². The van der Waals surface area contributed by atoms with Crippen molar-refractivity contribution in [1.82, 2.24) is 0 Å². The van der Waals surface area contributed by atoms with Gasteiger partial charge in [0.1, 0.15) is 0 Å². The van der Waals surface area contributed by atoms with E-state index in [4.69, 9.17) is 0 Å². The summed E-state index contributed by atoms with van der Waals surface area (Å²) in [6, 6.07) is 6.61. The van der Waals surface area contributed by atoms with Gasteiger partial charge in [0.2, 0.25) is 5.69 Å². The summed E-state index contributed by atoms with van der Waals surface area (Å²) in [6.07, 6.45) is 0.258. The molecular weight excluding hydrogens is 190 g/mol. The van der Waals surface area contributed by atoms with E-state index < -0.39 is 10.5 Å². The highest BCUT2D eigenvalue weighted by atomic mass is 32.2. The average molecular weight is 198 g/mol. The van der Waals surface area contributed by atoms with Crippen LogP contribution < -0.4 is 0 Å². The Kier molecular flexibility index (Phi) is 2.92. The molecule has 1 amide bonds. The van der Waals surface area contributed by atoms with E-state index in [-0.39, 0.29) is 6.41 Å². The van der Waals surface area contributed by atoms with Crippen molar-refractivity contribution in [3.8, 4) is 0 Å². The van der Waals surface area contributed by atoms with Gasteiger partial charge in [-0.1, -0.05) is 17.7 Å². The van der Waals surface area contributed by atoms with Crippen LogP contribution in [0.3, 0.4) is 0 Å². The van der Waals surface area contributed by atoms with Gasteiger partial charge in [-0.15, -0.1) is 8.42 Å². The van der Waals surface area contributed by atoms with Crippen molar-refractivity contribution in [1.29, 1.82) is 0 Å². The molecule has 13 heavy (non-hydrogen) atoms. The lowest BCUT2D eigenvalue weighted by Crippen LogP contribution is -1.99. The largest absolute Gasteiger partial charge is 0.473 e. The molecule has 0 aliphatic carbocycles. The van der Waals surface area contributed by atoms with Gasteiger partial charge in [0, 0.05) is 12.1 Å². The van der Waals surface area contributed by atoms with Gasteiger partial charge in [0.05, 0.1) is 0 Å². The number of carbonyl (C=O) groups excluding carboxylic acids is 1. The summed E-state index contributed by atoms with van der Waals surface area (Å²) in [6.45, 7) is 1.88. The molecule has 0 heterocycles. The molecule has 1 aromatic carbocycles. The number of rotatable bonds is 2. The maximum Gasteiger partial charge on any atom is 0.473 e. The van der Waals surface area contributed by atoms with Crippen LogP contribution in [0.25, 0.3) is 0 Å². The molecule has 0 aliphatic rings. The summed E-state index contributed by atoms with van der Waals surface area (Å²) in [5.41, 5.74) is 1.35. The minimum Gasteiger partial charge on any atom is -0.221 e. The van der Waals surface area contributed by atoms with Crippen molar-refractivity contribution >= 4 is 22.6 Å². The molecule has 4 nitrogen and oxygen atoms in total. The molecule has 1 rings (SSSR count). The zero-order valence-corrected chi connectivity index (χ0v) is 7.78. The molecule has 0 aliphatic heterocycles. The molecule has 0 radical (unpaired) electrons. The van der Waals surface area contributed by atoms with Crippen molar-refractivity contribution in [2.24, 2.45) is 0 Å². The Hall–Kier alpha value is -1.49. The minimum absolute atomic E-state index is 0.258. The third-order valence-electron chi connectivity index (χ3n) is 1.54. The van der Waals surface area contributed by atoms with Gasteiger partial charge in [0.25, 0.3) is 0 Å². The quantitative estimate of drug-likeness (QED) is 0.523. The number of hydrogen-bond donors (Lipinski definition) is 0. The summed E-state index contributed by atoms with van der Waals surface area (Å²) in [4.78, 5) is 10.4. The normalized spacial score (nSPS) is 9.31. The van der Waals surface area contributed by atoms with Crippen molar-refractivity contribution in [3.63, 3.8) is 0 Å². The van der Waals surface area contributed by atoms with Crippen LogP contribution in [0, 0.1) is 6.92 Å². The van der Waals surface area contributed by atoms with Crippen LogP contribution in [0.1, 0.15) is 5.56 Å². The number of hydrogen-bond acceptors (Lipinski definition) is 3. The Bertz CT molecular complexity index is 437. The molecule has 1 aromatic rings. The first kappa shape index (κ1) is 9.60. The van der Waals surface area contributed by atoms with E-state index in [0.29, 0.717) is 9.63 Å². The Labute approximate surface area is 77.1 Å². The number of amides is 1. The van der Waals surface area contributed by atoms with Crippen LogP contribution in [-0.2, 0) is 15.3 Å². The van der Waals surface area contributed by atoms with E-state index in [1.165, 1.54) is 0 Å². The van der Waals surface area contributed by atoms with Gasteiger partial charge < -0.3 is 0 Å². The van der Waals surface area contributed by atoms with E-state index in [9.17, 15) is 13.2 Å². The summed E-state index contributed by atoms with van der Waals surface area (Å²) < 4.78 is 21.6. The van der Waals surface area contributed by atoms with Crippen molar-refractivity contribution in [2.75, 3.05) is 0 Å². The van der Waals surface area contributed by atoms with E-state index >= 15 is 0 Å². The molecule has 0 aromatic heterocycles. The second-order valence-electron chi connectivity index (χ2n) is 2.48. The summed E-state index contributed by atoms with van der Waals surface area (Å²) in [5.74, 6) is 0. The molecular formula is C8H8NO3S+. The number of carbonyl (C=O) groups is 1. The maximum absolute atomic E-state index is 10.5. The van der Waals surface area contributed by atoms with Gasteiger partial charge in [-0.25, -0.2) is 4.79 Å². The monoisotopic (exact) mass is 198 g/mol. The standard InChI is InChI=1S/C8H8NO3S/c1-7-2-4-8(5-3-7)9(6-10)13(11)12/h2-6H,1H3/q+1. The predicted octanol–water partition coefficient (Wildman–Crippen LogP) is 0.858. The molecule has 5 heteroatoms. The fraction of sp³-hybridized carbons (Fsp3) is 0.125. The SMILES string of the molecule is Cc1ccc([N+](C=O)=S(=O)=O)cc1. The van der Waals surface area contributed by atoms with E-state index in [1.54, 1.807) is 24.3 Å². The minimum atomic E-state index is -2.55. The average Bonchev–Trinajstić information content (AvgIpc) is 2.09. The molecule has 0 saturated heterocycles. The Morgan fingerprint density at radius 2 is 1.77 bits per heavy atom. The molecule has 0 N–H and O–H groups in total. The predicted molar refractivity (Wildman–Crippen MR) is 46.1 cm³/mol. The van der Waals surface area contributed by atoms with E-state index in [0.717, 1.165) is 5.56 Å². The highest BCUT2D eigenvalue weighted by Crippen LogP contribution is 2.10. The first-order valence-electron chi connectivity index (χ1n) is 3.55. The van der Waals surface area contributed by atoms with Crippen LogP contribution in [-0.4, -0.2) is 18.8 Å². The number of nitrogens with zero attached hydrogens (tertiary/aromatic N) is 1. The topological polar surface area (TPSA) is 54.2 Å². The molecule has 0 bridgehead atoms. The lowest BCUT2D eigenvalue weighted by molar-refractivity contribution is -0.325. The zero-order chi connectivity index (χ0) is 9.84. The van der Waals surface area contributed by atoms with Crippen LogP contribution in [0.5, 0.6) is 0 Å². The Balaban J connectivity index is 3.31. The first-order valence-corrected chi connectivity index (χ1v) is 4.59. The van der Waals surface area contributed by atoms with Crippen LogP contribution >= 0.6 is 0 Å². The highest BCUT2D eigenvalue weighted by molar-refractivity contribution is 7.59. The van der Waals surface area contributed by atoms with Gasteiger partial charge in [-0.2, -0.15) is 0 Å². The molecule has 0 fully saturated rings. The summed E-state index contributed by atoms with van der Waals surface area (Å²) in [7, 11) is -2.55. The third-order valence-corrected chi connectivity index (χ3v) is 2.16. The van der Waals surface area contributed by atoms with Crippen molar-refractivity contribution < 1.29 is 17.2 Å². The molecule has 0 saturated carbocycles. The Morgan fingerprint density at radius 3 is 2.15 bits per heavy atom. The summed E-state index contributed by atoms with van der Waals surface area (Å²) >= 11 is 0. The lowest BCUT2D eigenvalue weighted by Gasteiger charge is -1.89. The van der Waals surface area contributed by atoms with Crippen LogP contribution in [0.15, 0.2) is 24.3 Å². The first-order chi connectivity index (χ1) is 6.15. The number of aryl methyl sites for hydroxylation is 1. The Morgan fingerprint density at radius 1 is 1.23 bits per heavy atom. The van der Waals surface area contributed by atoms with Crippen LogP contribution in [0.2, 0.25) is 0 Å². The molecule has 0 spiro atoms. The molecule has 0 unspecified atom stereocenters. The number of benzene rings is 1. The summed E-state index contributed by atoms with van der Waals surface area (Å²) in [5, 5.41) is 0. The maximum atomic E-state index is 10.5. The van der Waals surface area contributed by atoms with Crippen LogP contribution in [0.4, 0.5) is 5.69 Å². The fourth-order valence-corrected chi connectivity index (χ4v) is 1.24. The van der Waals surface area contributed by atoms with Gasteiger partial charge in [-0.3, -0.25) is 0 Å². The fourth-order valence-electron chi connectivity index (χ4n) is 0.874. The van der Waals surface area contributed by atoms with E-state index in [2.05, 4.69) is 0 Å². The van der Waals surface area contributed by atoms with E-state index in [1.807, 2.05) is 6.92 Å². The van der Waals surface area contributed by atoms with Gasteiger partial charge in [-0.05, 0) is 10.9 Å². The van der Waals surface area contributed by atoms with Crippen molar-refractivity contribution in [2.45, 2.75) is 6.92 Å². The zero-order valence-electron chi connectivity index (χ0n) is 6.97. The highest BCUT2D eigenvalue weighted by Gasteiger charge is 2.09.